The number of rotatable bonds is 2. The Morgan fingerprint density at radius 3 is 2.41 bits per heavy atom. The van der Waals surface area contributed by atoms with Gasteiger partial charge in [0.15, 0.2) is 0 Å². The Kier molecular flexibility index (Phi) is 3.59. The molecule has 22 heavy (non-hydrogen) atoms. The van der Waals surface area contributed by atoms with E-state index in [0.29, 0.717) is 5.92 Å². The number of benzene rings is 1. The second-order valence-electron chi connectivity index (χ2n) is 6.29. The number of hydrogen-bond donors (Lipinski definition) is 0. The number of amides is 3. The monoisotopic (exact) mass is 302 g/mol. The van der Waals surface area contributed by atoms with Crippen molar-refractivity contribution in [1.82, 2.24) is 9.80 Å². The highest BCUT2D eigenvalue weighted by atomic mass is 16.5. The number of nitrogens with zero attached hydrogens (tertiary/aromatic N) is 2. The molecule has 1 saturated heterocycles. The Hall–Kier alpha value is -2.04. The molecule has 3 amide bonds. The van der Waals surface area contributed by atoms with Gasteiger partial charge in [0, 0.05) is 14.1 Å². The minimum Gasteiger partial charge on any atom is -0.497 e. The Balaban J connectivity index is 1.78. The predicted octanol–water partition coefficient (Wildman–Crippen LogP) is 2.62. The van der Waals surface area contributed by atoms with Gasteiger partial charge in [0.05, 0.1) is 7.11 Å². The van der Waals surface area contributed by atoms with E-state index in [2.05, 4.69) is 12.1 Å². The first kappa shape index (κ1) is 14.9. The van der Waals surface area contributed by atoms with Crippen LogP contribution in [0.5, 0.6) is 5.75 Å². The summed E-state index contributed by atoms with van der Waals surface area (Å²) in [6.07, 6.45) is 3.26. The van der Waals surface area contributed by atoms with E-state index in [-0.39, 0.29) is 11.9 Å². The molecular weight excluding hydrogens is 280 g/mol. The van der Waals surface area contributed by atoms with E-state index >= 15 is 0 Å². The van der Waals surface area contributed by atoms with Crippen LogP contribution in [0.25, 0.3) is 0 Å². The Labute approximate surface area is 130 Å². The van der Waals surface area contributed by atoms with Gasteiger partial charge in [-0.05, 0) is 49.3 Å². The van der Waals surface area contributed by atoms with Gasteiger partial charge in [0.2, 0.25) is 0 Å². The number of urea groups is 1. The molecule has 2 fully saturated rings. The van der Waals surface area contributed by atoms with Crippen LogP contribution in [0.1, 0.15) is 37.2 Å². The summed E-state index contributed by atoms with van der Waals surface area (Å²) in [4.78, 5) is 27.4. The molecule has 0 unspecified atom stereocenters. The van der Waals surface area contributed by atoms with Crippen molar-refractivity contribution in [1.29, 1.82) is 0 Å². The van der Waals surface area contributed by atoms with Gasteiger partial charge < -0.3 is 9.64 Å². The zero-order valence-corrected chi connectivity index (χ0v) is 13.3. The fraction of sp³-hybridized carbons (Fsp3) is 0.529. The number of carbonyl (C=O) groups excluding carboxylic acids is 2. The molecule has 1 heterocycles. The zero-order chi connectivity index (χ0) is 15.9. The summed E-state index contributed by atoms with van der Waals surface area (Å²) < 4.78 is 5.29. The van der Waals surface area contributed by atoms with Gasteiger partial charge in [-0.15, -0.1) is 0 Å². The lowest BCUT2D eigenvalue weighted by molar-refractivity contribution is -0.133. The molecule has 1 saturated carbocycles. The van der Waals surface area contributed by atoms with Crippen LogP contribution in [0, 0.1) is 0 Å². The third-order valence-corrected chi connectivity index (χ3v) is 5.30. The lowest BCUT2D eigenvalue weighted by atomic mass is 9.73. The topological polar surface area (TPSA) is 49.9 Å². The van der Waals surface area contributed by atoms with Gasteiger partial charge >= 0.3 is 6.03 Å². The molecule has 0 N–H and O–H groups in total. The second-order valence-corrected chi connectivity index (χ2v) is 6.29. The normalized spacial score (nSPS) is 28.6. The highest BCUT2D eigenvalue weighted by Crippen LogP contribution is 2.44. The number of methoxy groups -OCH3 is 1. The SMILES string of the molecule is COc1cccc(C2CCC3(CC2)C(=O)N(C)C(=O)N3C)c1. The first-order valence-electron chi connectivity index (χ1n) is 7.69. The lowest BCUT2D eigenvalue weighted by Crippen LogP contribution is -2.50. The van der Waals surface area contributed by atoms with Crippen molar-refractivity contribution in [3.05, 3.63) is 29.8 Å². The Morgan fingerprint density at radius 1 is 1.18 bits per heavy atom. The second kappa shape index (κ2) is 5.30. The van der Waals surface area contributed by atoms with Crippen LogP contribution < -0.4 is 4.74 Å². The molecule has 1 aliphatic carbocycles. The van der Waals surface area contributed by atoms with Crippen LogP contribution >= 0.6 is 0 Å². The molecule has 3 rings (SSSR count). The molecule has 1 aliphatic heterocycles. The van der Waals surface area contributed by atoms with Crippen LogP contribution in [0.2, 0.25) is 0 Å². The molecule has 118 valence electrons. The van der Waals surface area contributed by atoms with E-state index in [1.807, 2.05) is 12.1 Å². The summed E-state index contributed by atoms with van der Waals surface area (Å²) in [6, 6.07) is 7.94. The summed E-state index contributed by atoms with van der Waals surface area (Å²) in [6.45, 7) is 0. The van der Waals surface area contributed by atoms with Gasteiger partial charge in [-0.25, -0.2) is 4.79 Å². The molecule has 2 aliphatic rings. The molecule has 0 bridgehead atoms. The quantitative estimate of drug-likeness (QED) is 0.789. The van der Waals surface area contributed by atoms with E-state index in [1.165, 1.54) is 10.5 Å². The van der Waals surface area contributed by atoms with Crippen LogP contribution in [0.4, 0.5) is 4.79 Å². The molecule has 1 spiro atoms. The first-order chi connectivity index (χ1) is 10.5. The molecule has 0 aromatic heterocycles. The minimum absolute atomic E-state index is 0.0518. The number of hydrogen-bond acceptors (Lipinski definition) is 3. The number of likely N-dealkylation sites (N-methyl/N-ethyl adjacent to an activating group) is 2. The molecule has 0 radical (unpaired) electrons. The maximum absolute atomic E-state index is 12.5. The molecule has 5 nitrogen and oxygen atoms in total. The largest absolute Gasteiger partial charge is 0.497 e. The van der Waals surface area contributed by atoms with Crippen molar-refractivity contribution in [2.75, 3.05) is 21.2 Å². The van der Waals surface area contributed by atoms with Crippen LogP contribution in [-0.4, -0.2) is 48.5 Å². The van der Waals surface area contributed by atoms with E-state index < -0.39 is 5.54 Å². The van der Waals surface area contributed by atoms with E-state index in [4.69, 9.17) is 4.74 Å². The summed E-state index contributed by atoms with van der Waals surface area (Å²) >= 11 is 0. The summed E-state index contributed by atoms with van der Waals surface area (Å²) in [5.41, 5.74) is 0.628. The molecule has 1 aromatic rings. The Morgan fingerprint density at radius 2 is 1.86 bits per heavy atom. The van der Waals surface area contributed by atoms with Crippen molar-refractivity contribution in [2.45, 2.75) is 37.1 Å². The standard InChI is InChI=1S/C17H22N2O3/c1-18-15(20)17(19(2)16(18)21)9-7-12(8-10-17)13-5-4-6-14(11-13)22-3/h4-6,11-12H,7-10H2,1-3H3. The lowest BCUT2D eigenvalue weighted by Gasteiger charge is -2.39. The average molecular weight is 302 g/mol. The summed E-state index contributed by atoms with van der Waals surface area (Å²) in [7, 11) is 4.99. The zero-order valence-electron chi connectivity index (χ0n) is 13.3. The highest BCUT2D eigenvalue weighted by Gasteiger charge is 2.55. The first-order valence-corrected chi connectivity index (χ1v) is 7.69. The van der Waals surface area contributed by atoms with Crippen molar-refractivity contribution in [3.63, 3.8) is 0 Å². The van der Waals surface area contributed by atoms with E-state index in [9.17, 15) is 9.59 Å². The van der Waals surface area contributed by atoms with Gasteiger partial charge in [-0.1, -0.05) is 12.1 Å². The van der Waals surface area contributed by atoms with Crippen molar-refractivity contribution >= 4 is 11.9 Å². The van der Waals surface area contributed by atoms with E-state index in [1.54, 1.807) is 26.1 Å². The van der Waals surface area contributed by atoms with Crippen LogP contribution in [-0.2, 0) is 4.79 Å². The highest BCUT2D eigenvalue weighted by molar-refractivity contribution is 6.06. The van der Waals surface area contributed by atoms with E-state index in [0.717, 1.165) is 31.4 Å². The fourth-order valence-corrected chi connectivity index (χ4v) is 3.82. The summed E-state index contributed by atoms with van der Waals surface area (Å²) in [5.74, 6) is 1.23. The van der Waals surface area contributed by atoms with Crippen molar-refractivity contribution in [2.24, 2.45) is 0 Å². The van der Waals surface area contributed by atoms with Crippen molar-refractivity contribution < 1.29 is 14.3 Å². The number of imide groups is 1. The number of ether oxygens (including phenoxy) is 1. The maximum atomic E-state index is 12.5. The van der Waals surface area contributed by atoms with Crippen LogP contribution in [0.15, 0.2) is 24.3 Å². The predicted molar refractivity (Wildman–Crippen MR) is 82.9 cm³/mol. The van der Waals surface area contributed by atoms with Crippen LogP contribution in [0.3, 0.4) is 0 Å². The van der Waals surface area contributed by atoms with Gasteiger partial charge in [-0.2, -0.15) is 0 Å². The van der Waals surface area contributed by atoms with Gasteiger partial charge in [0.25, 0.3) is 5.91 Å². The number of carbonyl (C=O) groups is 2. The Bertz CT molecular complexity index is 606. The third kappa shape index (κ3) is 2.07. The summed E-state index contributed by atoms with van der Waals surface area (Å²) in [5, 5.41) is 0. The fourth-order valence-electron chi connectivity index (χ4n) is 3.82. The van der Waals surface area contributed by atoms with Crippen molar-refractivity contribution in [3.8, 4) is 5.75 Å². The van der Waals surface area contributed by atoms with Gasteiger partial charge in [-0.3, -0.25) is 9.69 Å². The maximum Gasteiger partial charge on any atom is 0.327 e. The average Bonchev–Trinajstić information content (AvgIpc) is 2.72. The smallest absolute Gasteiger partial charge is 0.327 e. The third-order valence-electron chi connectivity index (χ3n) is 5.30. The molecule has 0 atom stereocenters. The van der Waals surface area contributed by atoms with Gasteiger partial charge in [0.1, 0.15) is 11.3 Å². The molecule has 5 heteroatoms. The minimum atomic E-state index is -0.624. The molecule has 1 aromatic carbocycles. The molecular formula is C17H22N2O3.